The van der Waals surface area contributed by atoms with Gasteiger partial charge in [0.1, 0.15) is 0 Å². The monoisotopic (exact) mass is 179 g/mol. The summed E-state index contributed by atoms with van der Waals surface area (Å²) in [5, 5.41) is 0. The van der Waals surface area contributed by atoms with Crippen molar-refractivity contribution in [3.05, 3.63) is 23.5 Å². The molecule has 0 unspecified atom stereocenters. The maximum absolute atomic E-state index is 11.2. The van der Waals surface area contributed by atoms with E-state index < -0.39 is 0 Å². The van der Waals surface area contributed by atoms with Gasteiger partial charge in [0.25, 0.3) is 0 Å². The first kappa shape index (κ1) is 9.71. The number of aromatic amines is 1. The van der Waals surface area contributed by atoms with E-state index in [4.69, 9.17) is 0 Å². The average molecular weight is 179 g/mol. The van der Waals surface area contributed by atoms with Gasteiger partial charge < -0.3 is 4.98 Å². The van der Waals surface area contributed by atoms with E-state index >= 15 is 0 Å². The van der Waals surface area contributed by atoms with Crippen LogP contribution in [0.4, 0.5) is 0 Å². The SMILES string of the molecule is CCC(=O)c1c[nH]c(C(=O)CC)c1. The second-order valence-corrected chi connectivity index (χ2v) is 2.86. The molecular weight excluding hydrogens is 166 g/mol. The molecule has 0 amide bonds. The quantitative estimate of drug-likeness (QED) is 0.720. The highest BCUT2D eigenvalue weighted by Crippen LogP contribution is 2.08. The van der Waals surface area contributed by atoms with Crippen LogP contribution >= 0.6 is 0 Å². The van der Waals surface area contributed by atoms with Gasteiger partial charge in [-0.3, -0.25) is 9.59 Å². The van der Waals surface area contributed by atoms with Crippen LogP contribution in [0.3, 0.4) is 0 Å². The van der Waals surface area contributed by atoms with Gasteiger partial charge in [-0.05, 0) is 6.07 Å². The lowest BCUT2D eigenvalue weighted by molar-refractivity contribution is 0.0981. The van der Waals surface area contributed by atoms with Crippen LogP contribution in [0.5, 0.6) is 0 Å². The molecule has 1 N–H and O–H groups in total. The highest BCUT2D eigenvalue weighted by Gasteiger charge is 2.09. The number of rotatable bonds is 4. The molecule has 13 heavy (non-hydrogen) atoms. The first-order valence-corrected chi connectivity index (χ1v) is 4.43. The molecule has 0 fully saturated rings. The van der Waals surface area contributed by atoms with Crippen molar-refractivity contribution in [1.29, 1.82) is 0 Å². The summed E-state index contributed by atoms with van der Waals surface area (Å²) < 4.78 is 0. The molecule has 1 aromatic heterocycles. The van der Waals surface area contributed by atoms with Gasteiger partial charge >= 0.3 is 0 Å². The second-order valence-electron chi connectivity index (χ2n) is 2.86. The molecule has 0 bridgehead atoms. The molecule has 1 aromatic rings. The van der Waals surface area contributed by atoms with Gasteiger partial charge in [0, 0.05) is 24.6 Å². The average Bonchev–Trinajstić information content (AvgIpc) is 2.64. The maximum Gasteiger partial charge on any atom is 0.178 e. The topological polar surface area (TPSA) is 49.9 Å². The van der Waals surface area contributed by atoms with Gasteiger partial charge in [0.2, 0.25) is 0 Å². The normalized spacial score (nSPS) is 10.0. The molecule has 0 atom stereocenters. The maximum atomic E-state index is 11.2. The van der Waals surface area contributed by atoms with Crippen LogP contribution in [0, 0.1) is 0 Å². The van der Waals surface area contributed by atoms with Crippen molar-refractivity contribution in [3.63, 3.8) is 0 Å². The standard InChI is InChI=1S/C10H13NO2/c1-3-9(12)7-5-8(11-6-7)10(13)4-2/h5-6,11H,3-4H2,1-2H3. The Kier molecular flexibility index (Phi) is 3.01. The van der Waals surface area contributed by atoms with Crippen molar-refractivity contribution in [1.82, 2.24) is 4.98 Å². The molecule has 0 aliphatic carbocycles. The van der Waals surface area contributed by atoms with Crippen molar-refractivity contribution < 1.29 is 9.59 Å². The lowest BCUT2D eigenvalue weighted by Crippen LogP contribution is -1.96. The van der Waals surface area contributed by atoms with Crippen LogP contribution in [-0.2, 0) is 0 Å². The summed E-state index contributed by atoms with van der Waals surface area (Å²) in [5.41, 5.74) is 1.12. The van der Waals surface area contributed by atoms with E-state index in [2.05, 4.69) is 4.98 Å². The first-order chi connectivity index (χ1) is 6.19. The van der Waals surface area contributed by atoms with Crippen molar-refractivity contribution >= 4 is 11.6 Å². The summed E-state index contributed by atoms with van der Waals surface area (Å²) in [4.78, 5) is 25.2. The molecule has 0 saturated heterocycles. The summed E-state index contributed by atoms with van der Waals surface area (Å²) in [6.45, 7) is 3.60. The number of Topliss-reactive ketones (excluding diaryl/α,β-unsaturated/α-hetero) is 2. The minimum atomic E-state index is 0.0372. The minimum Gasteiger partial charge on any atom is -0.358 e. The summed E-state index contributed by atoms with van der Waals surface area (Å²) in [6.07, 6.45) is 2.52. The molecule has 0 aliphatic heterocycles. The van der Waals surface area contributed by atoms with Crippen LogP contribution in [0.2, 0.25) is 0 Å². The summed E-state index contributed by atoms with van der Waals surface area (Å²) >= 11 is 0. The predicted molar refractivity (Wildman–Crippen MR) is 50.0 cm³/mol. The Morgan fingerprint density at radius 3 is 2.38 bits per heavy atom. The Hall–Kier alpha value is -1.38. The van der Waals surface area contributed by atoms with E-state index in [9.17, 15) is 9.59 Å². The highest BCUT2D eigenvalue weighted by molar-refractivity contribution is 6.00. The Labute approximate surface area is 77.2 Å². The number of ketones is 2. The number of aromatic nitrogens is 1. The molecule has 0 aliphatic rings. The Balaban J connectivity index is 2.86. The molecule has 0 radical (unpaired) electrons. The van der Waals surface area contributed by atoms with E-state index in [1.165, 1.54) is 0 Å². The van der Waals surface area contributed by atoms with E-state index in [1.54, 1.807) is 26.1 Å². The molecule has 3 nitrogen and oxygen atoms in total. The molecular formula is C10H13NO2. The molecule has 0 aromatic carbocycles. The molecule has 0 spiro atoms. The largest absolute Gasteiger partial charge is 0.358 e. The lowest BCUT2D eigenvalue weighted by Gasteiger charge is -1.90. The number of hydrogen-bond donors (Lipinski definition) is 1. The number of carbonyl (C=O) groups is 2. The van der Waals surface area contributed by atoms with Crippen molar-refractivity contribution in [2.75, 3.05) is 0 Å². The fraction of sp³-hybridized carbons (Fsp3) is 0.400. The van der Waals surface area contributed by atoms with Crippen LogP contribution in [0.1, 0.15) is 47.5 Å². The van der Waals surface area contributed by atoms with Crippen LogP contribution in [0.15, 0.2) is 12.3 Å². The summed E-state index contributed by atoms with van der Waals surface area (Å²) in [7, 11) is 0. The zero-order valence-corrected chi connectivity index (χ0v) is 7.89. The van der Waals surface area contributed by atoms with Gasteiger partial charge in [0.15, 0.2) is 11.6 Å². The van der Waals surface area contributed by atoms with E-state index in [-0.39, 0.29) is 11.6 Å². The van der Waals surface area contributed by atoms with Crippen LogP contribution in [-0.4, -0.2) is 16.6 Å². The molecule has 70 valence electrons. The first-order valence-electron chi connectivity index (χ1n) is 4.43. The third-order valence-corrected chi connectivity index (χ3v) is 1.95. The smallest absolute Gasteiger partial charge is 0.178 e. The van der Waals surface area contributed by atoms with Crippen LogP contribution < -0.4 is 0 Å². The van der Waals surface area contributed by atoms with Gasteiger partial charge in [-0.2, -0.15) is 0 Å². The van der Waals surface area contributed by atoms with Gasteiger partial charge in [-0.15, -0.1) is 0 Å². The summed E-state index contributed by atoms with van der Waals surface area (Å²) in [6, 6.07) is 1.62. The summed E-state index contributed by atoms with van der Waals surface area (Å²) in [5.74, 6) is 0.0987. The zero-order valence-electron chi connectivity index (χ0n) is 7.89. The predicted octanol–water partition coefficient (Wildman–Crippen LogP) is 2.20. The Morgan fingerprint density at radius 1 is 1.23 bits per heavy atom. The van der Waals surface area contributed by atoms with Crippen LogP contribution in [0.25, 0.3) is 0 Å². The van der Waals surface area contributed by atoms with Crippen molar-refractivity contribution in [2.45, 2.75) is 26.7 Å². The second kappa shape index (κ2) is 4.03. The highest BCUT2D eigenvalue weighted by atomic mass is 16.1. The van der Waals surface area contributed by atoms with E-state index in [0.29, 0.717) is 24.1 Å². The third kappa shape index (κ3) is 2.05. The number of carbonyl (C=O) groups excluding carboxylic acids is 2. The van der Waals surface area contributed by atoms with E-state index in [0.717, 1.165) is 0 Å². The Morgan fingerprint density at radius 2 is 1.85 bits per heavy atom. The zero-order chi connectivity index (χ0) is 9.84. The molecule has 3 heteroatoms. The van der Waals surface area contributed by atoms with E-state index in [1.807, 2.05) is 0 Å². The number of H-pyrrole nitrogens is 1. The van der Waals surface area contributed by atoms with Gasteiger partial charge in [-0.1, -0.05) is 13.8 Å². The van der Waals surface area contributed by atoms with Crippen molar-refractivity contribution in [3.8, 4) is 0 Å². The fourth-order valence-corrected chi connectivity index (χ4v) is 1.11. The Bertz CT molecular complexity index is 295. The molecule has 0 saturated carbocycles. The lowest BCUT2D eigenvalue weighted by atomic mass is 10.1. The third-order valence-electron chi connectivity index (χ3n) is 1.95. The minimum absolute atomic E-state index is 0.0372. The van der Waals surface area contributed by atoms with Gasteiger partial charge in [-0.25, -0.2) is 0 Å². The number of nitrogens with one attached hydrogen (secondary N) is 1. The fourth-order valence-electron chi connectivity index (χ4n) is 1.11. The molecule has 1 rings (SSSR count). The van der Waals surface area contributed by atoms with Crippen molar-refractivity contribution in [2.24, 2.45) is 0 Å². The molecule has 1 heterocycles. The number of hydrogen-bond acceptors (Lipinski definition) is 2. The van der Waals surface area contributed by atoms with Gasteiger partial charge in [0.05, 0.1) is 5.69 Å².